The van der Waals surface area contributed by atoms with Gasteiger partial charge in [0.05, 0.1) is 25.2 Å². The van der Waals surface area contributed by atoms with Gasteiger partial charge in [0, 0.05) is 37.6 Å². The lowest BCUT2D eigenvalue weighted by atomic mass is 9.97. The van der Waals surface area contributed by atoms with Gasteiger partial charge in [-0.05, 0) is 53.5 Å². The Morgan fingerprint density at radius 1 is 1.08 bits per heavy atom. The summed E-state index contributed by atoms with van der Waals surface area (Å²) in [5.41, 5.74) is 9.29. The van der Waals surface area contributed by atoms with Gasteiger partial charge >= 0.3 is 6.09 Å². The molecule has 0 unspecified atom stereocenters. The summed E-state index contributed by atoms with van der Waals surface area (Å²) in [5, 5.41) is 2.28. The van der Waals surface area contributed by atoms with E-state index in [0.29, 0.717) is 43.8 Å². The van der Waals surface area contributed by atoms with Gasteiger partial charge in [0.25, 0.3) is 5.91 Å². The monoisotopic (exact) mass is 527 g/mol. The molecule has 0 spiro atoms. The summed E-state index contributed by atoms with van der Waals surface area (Å²) in [4.78, 5) is 31.0. The molecule has 2 N–H and O–H groups in total. The number of ether oxygens (including phenoxy) is 1. The molecular weight excluding hydrogens is 490 g/mol. The van der Waals surface area contributed by atoms with Crippen LogP contribution in [0.15, 0.2) is 67.3 Å². The smallest absolute Gasteiger partial charge is 0.409 e. The lowest BCUT2D eigenvalue weighted by Crippen LogP contribution is -2.39. The number of carbonyl (C=O) groups excluding carboxylic acids is 2. The highest BCUT2D eigenvalue weighted by Gasteiger charge is 2.25. The van der Waals surface area contributed by atoms with E-state index in [0.717, 1.165) is 53.4 Å². The van der Waals surface area contributed by atoms with E-state index >= 15 is 0 Å². The third-order valence-corrected chi connectivity index (χ3v) is 7.63. The number of benzene rings is 2. The van der Waals surface area contributed by atoms with E-state index in [9.17, 15) is 9.59 Å². The van der Waals surface area contributed by atoms with E-state index in [1.54, 1.807) is 0 Å². The van der Waals surface area contributed by atoms with Crippen molar-refractivity contribution in [3.63, 3.8) is 0 Å². The van der Waals surface area contributed by atoms with Gasteiger partial charge in [-0.2, -0.15) is 0 Å². The molecule has 0 atom stereocenters. The zero-order valence-corrected chi connectivity index (χ0v) is 22.8. The van der Waals surface area contributed by atoms with Crippen LogP contribution < -0.4 is 5.73 Å². The Hall–Kier alpha value is -4.07. The van der Waals surface area contributed by atoms with Gasteiger partial charge in [-0.25, -0.2) is 9.78 Å². The van der Waals surface area contributed by atoms with E-state index in [1.807, 2.05) is 52.5 Å². The largest absolute Gasteiger partial charge is 0.449 e. The van der Waals surface area contributed by atoms with Gasteiger partial charge < -0.3 is 24.5 Å². The van der Waals surface area contributed by atoms with Gasteiger partial charge in [-0.1, -0.05) is 56.3 Å². The molecule has 5 rings (SSSR count). The van der Waals surface area contributed by atoms with E-state index in [2.05, 4.69) is 47.7 Å². The number of amides is 2. The molecule has 1 aliphatic heterocycles. The van der Waals surface area contributed by atoms with Crippen LogP contribution >= 0.6 is 0 Å². The summed E-state index contributed by atoms with van der Waals surface area (Å²) in [6.45, 7) is 7.43. The first-order valence-electron chi connectivity index (χ1n) is 13.8. The van der Waals surface area contributed by atoms with Crippen molar-refractivity contribution in [2.75, 3.05) is 19.7 Å². The fraction of sp³-hybridized carbons (Fsp3) is 0.387. The van der Waals surface area contributed by atoms with Crippen LogP contribution in [0.2, 0.25) is 0 Å². The molecule has 1 saturated heterocycles. The van der Waals surface area contributed by atoms with Crippen molar-refractivity contribution in [1.82, 2.24) is 19.0 Å². The molecule has 0 saturated carbocycles. The average molecular weight is 528 g/mol. The van der Waals surface area contributed by atoms with Crippen molar-refractivity contribution in [1.29, 1.82) is 0 Å². The molecule has 8 heteroatoms. The van der Waals surface area contributed by atoms with Crippen molar-refractivity contribution in [3.05, 3.63) is 78.6 Å². The lowest BCUT2D eigenvalue weighted by Gasteiger charge is -2.31. The summed E-state index contributed by atoms with van der Waals surface area (Å²) in [7, 11) is 0. The average Bonchev–Trinajstić information content (AvgIpc) is 3.55. The zero-order valence-electron chi connectivity index (χ0n) is 22.8. The number of nitrogens with two attached hydrogens (primary N) is 1. The van der Waals surface area contributed by atoms with Gasteiger partial charge in [-0.3, -0.25) is 4.79 Å². The Labute approximate surface area is 229 Å². The maximum Gasteiger partial charge on any atom is 0.409 e. The molecule has 8 nitrogen and oxygen atoms in total. The first kappa shape index (κ1) is 26.5. The highest BCUT2D eigenvalue weighted by atomic mass is 16.6. The van der Waals surface area contributed by atoms with Crippen LogP contribution in [0.5, 0.6) is 0 Å². The Morgan fingerprint density at radius 2 is 1.85 bits per heavy atom. The van der Waals surface area contributed by atoms with E-state index in [-0.39, 0.29) is 6.09 Å². The Kier molecular flexibility index (Phi) is 8.00. The molecule has 3 heterocycles. The van der Waals surface area contributed by atoms with Crippen LogP contribution in [0, 0.1) is 11.8 Å². The van der Waals surface area contributed by atoms with Gasteiger partial charge in [0.2, 0.25) is 0 Å². The highest BCUT2D eigenvalue weighted by molar-refractivity contribution is 5.99. The van der Waals surface area contributed by atoms with Crippen molar-refractivity contribution < 1.29 is 14.3 Å². The quantitative estimate of drug-likeness (QED) is 0.309. The van der Waals surface area contributed by atoms with Crippen molar-refractivity contribution in [2.24, 2.45) is 17.6 Å². The second kappa shape index (κ2) is 11.8. The number of primary amides is 1. The van der Waals surface area contributed by atoms with Crippen LogP contribution in [-0.2, 0) is 17.8 Å². The minimum atomic E-state index is -0.458. The minimum absolute atomic E-state index is 0.203. The predicted octanol–water partition coefficient (Wildman–Crippen LogP) is 5.55. The molecule has 2 amide bonds. The van der Waals surface area contributed by atoms with Crippen molar-refractivity contribution in [2.45, 2.75) is 46.2 Å². The van der Waals surface area contributed by atoms with Gasteiger partial charge in [0.1, 0.15) is 5.69 Å². The van der Waals surface area contributed by atoms with Crippen LogP contribution in [0.4, 0.5) is 4.79 Å². The predicted molar refractivity (Wildman–Crippen MR) is 152 cm³/mol. The first-order valence-corrected chi connectivity index (χ1v) is 13.8. The molecule has 1 fully saturated rings. The molecule has 2 aromatic carbocycles. The molecule has 2 aromatic heterocycles. The molecule has 204 valence electrons. The van der Waals surface area contributed by atoms with E-state index < -0.39 is 5.91 Å². The SMILES string of the molecule is CC(C)CCOC(=O)N1CCC(Cn2cncc2Cn2cc(-c3cccc4ccccc34)cc2C(N)=O)CC1. The number of piperidine rings is 1. The lowest BCUT2D eigenvalue weighted by molar-refractivity contribution is 0.0825. The van der Waals surface area contributed by atoms with E-state index in [4.69, 9.17) is 10.5 Å². The normalized spacial score (nSPS) is 14.3. The van der Waals surface area contributed by atoms with Crippen molar-refractivity contribution in [3.8, 4) is 11.1 Å². The Balaban J connectivity index is 1.26. The number of carbonyl (C=O) groups is 2. The molecule has 1 aliphatic rings. The third-order valence-electron chi connectivity index (χ3n) is 7.63. The van der Waals surface area contributed by atoms with Crippen LogP contribution in [0.1, 0.15) is 49.3 Å². The highest BCUT2D eigenvalue weighted by Crippen LogP contribution is 2.30. The number of nitrogens with zero attached hydrogens (tertiary/aromatic N) is 4. The fourth-order valence-corrected chi connectivity index (χ4v) is 5.34. The number of fused-ring (bicyclic) bond motifs is 1. The number of rotatable bonds is 9. The van der Waals surface area contributed by atoms with Gasteiger partial charge in [-0.15, -0.1) is 0 Å². The van der Waals surface area contributed by atoms with Crippen LogP contribution in [0.3, 0.4) is 0 Å². The third kappa shape index (κ3) is 6.16. The molecule has 0 aliphatic carbocycles. The molecule has 0 bridgehead atoms. The number of likely N-dealkylation sites (tertiary alicyclic amines) is 1. The first-order chi connectivity index (χ1) is 18.9. The summed E-state index contributed by atoms with van der Waals surface area (Å²) >= 11 is 0. The fourth-order valence-electron chi connectivity index (χ4n) is 5.34. The number of aromatic nitrogens is 3. The van der Waals surface area contributed by atoms with Gasteiger partial charge in [0.15, 0.2) is 0 Å². The summed E-state index contributed by atoms with van der Waals surface area (Å²) in [6.07, 6.45) is 8.21. The minimum Gasteiger partial charge on any atom is -0.449 e. The maximum atomic E-state index is 12.4. The topological polar surface area (TPSA) is 95.4 Å². The van der Waals surface area contributed by atoms with Crippen LogP contribution in [-0.4, -0.2) is 50.7 Å². The number of hydrogen-bond acceptors (Lipinski definition) is 4. The second-order valence-electron chi connectivity index (χ2n) is 10.9. The number of imidazole rings is 1. The van der Waals surface area contributed by atoms with Crippen molar-refractivity contribution >= 4 is 22.8 Å². The Bertz CT molecular complexity index is 1440. The Morgan fingerprint density at radius 3 is 2.62 bits per heavy atom. The summed E-state index contributed by atoms with van der Waals surface area (Å²) < 4.78 is 9.51. The standard InChI is InChI=1S/C31H37N5O3/c1-22(2)12-15-39-31(38)34-13-10-23(11-14-34)18-36-21-33-17-26(36)20-35-19-25(16-29(35)30(32)37)28-9-5-7-24-6-3-4-8-27(24)28/h3-9,16-17,19,21-23H,10-15,18,20H2,1-2H3,(H2,32,37). The molecule has 0 radical (unpaired) electrons. The van der Waals surface area contributed by atoms with E-state index in [1.165, 1.54) is 0 Å². The number of hydrogen-bond donors (Lipinski definition) is 1. The molecule has 4 aromatic rings. The summed E-state index contributed by atoms with van der Waals surface area (Å²) in [5.74, 6) is 0.493. The second-order valence-corrected chi connectivity index (χ2v) is 10.9. The van der Waals surface area contributed by atoms with Crippen LogP contribution in [0.25, 0.3) is 21.9 Å². The molecular formula is C31H37N5O3. The zero-order chi connectivity index (χ0) is 27.4. The summed E-state index contributed by atoms with van der Waals surface area (Å²) in [6, 6.07) is 16.3. The maximum absolute atomic E-state index is 12.4. The molecule has 39 heavy (non-hydrogen) atoms.